The van der Waals surface area contributed by atoms with Gasteiger partial charge in [0, 0.05) is 18.3 Å². The standard InChI is InChI=1S/C13H20N2O/c1-16-13-12(5-3-9-15-13)10-14-8-2-4-11-6-7-11/h3,5,9,11,14H,2,4,6-8,10H2,1H3. The topological polar surface area (TPSA) is 34.1 Å². The smallest absolute Gasteiger partial charge is 0.217 e. The van der Waals surface area contributed by atoms with Gasteiger partial charge in [-0.1, -0.05) is 18.9 Å². The van der Waals surface area contributed by atoms with Crippen LogP contribution in [-0.4, -0.2) is 18.6 Å². The average molecular weight is 220 g/mol. The van der Waals surface area contributed by atoms with Crippen molar-refractivity contribution in [2.75, 3.05) is 13.7 Å². The van der Waals surface area contributed by atoms with Crippen LogP contribution >= 0.6 is 0 Å². The number of pyridine rings is 1. The van der Waals surface area contributed by atoms with Crippen LogP contribution in [0.2, 0.25) is 0 Å². The molecule has 16 heavy (non-hydrogen) atoms. The summed E-state index contributed by atoms with van der Waals surface area (Å²) >= 11 is 0. The quantitative estimate of drug-likeness (QED) is 0.716. The van der Waals surface area contributed by atoms with E-state index in [1.54, 1.807) is 13.3 Å². The van der Waals surface area contributed by atoms with E-state index >= 15 is 0 Å². The molecule has 1 aliphatic rings. The van der Waals surface area contributed by atoms with Crippen LogP contribution in [0, 0.1) is 5.92 Å². The van der Waals surface area contributed by atoms with E-state index < -0.39 is 0 Å². The molecule has 3 nitrogen and oxygen atoms in total. The number of hydrogen-bond acceptors (Lipinski definition) is 3. The van der Waals surface area contributed by atoms with Gasteiger partial charge in [0.25, 0.3) is 0 Å². The minimum atomic E-state index is 0.734. The molecule has 0 radical (unpaired) electrons. The molecule has 1 aromatic rings. The Hall–Kier alpha value is -1.09. The van der Waals surface area contributed by atoms with Gasteiger partial charge in [-0.2, -0.15) is 0 Å². The monoisotopic (exact) mass is 220 g/mol. The Bertz CT molecular complexity index is 323. The largest absolute Gasteiger partial charge is 0.481 e. The molecule has 0 saturated heterocycles. The molecule has 0 amide bonds. The first-order valence-corrected chi connectivity index (χ1v) is 6.08. The summed E-state index contributed by atoms with van der Waals surface area (Å²) in [6, 6.07) is 4.00. The molecule has 88 valence electrons. The molecule has 0 atom stereocenters. The van der Waals surface area contributed by atoms with E-state index in [1.165, 1.54) is 25.7 Å². The highest BCUT2D eigenvalue weighted by molar-refractivity contribution is 5.24. The molecule has 1 aliphatic carbocycles. The van der Waals surface area contributed by atoms with Crippen LogP contribution in [0.15, 0.2) is 18.3 Å². The van der Waals surface area contributed by atoms with Crippen LogP contribution < -0.4 is 10.1 Å². The third-order valence-corrected chi connectivity index (χ3v) is 3.02. The zero-order valence-corrected chi connectivity index (χ0v) is 9.91. The minimum absolute atomic E-state index is 0.734. The summed E-state index contributed by atoms with van der Waals surface area (Å²) in [5, 5.41) is 3.44. The minimum Gasteiger partial charge on any atom is -0.481 e. The fraction of sp³-hybridized carbons (Fsp3) is 0.615. The Morgan fingerprint density at radius 3 is 3.12 bits per heavy atom. The molecule has 2 rings (SSSR count). The first kappa shape index (κ1) is 11.4. The third-order valence-electron chi connectivity index (χ3n) is 3.02. The summed E-state index contributed by atoms with van der Waals surface area (Å²) < 4.78 is 5.20. The molecule has 1 saturated carbocycles. The van der Waals surface area contributed by atoms with Gasteiger partial charge in [0.15, 0.2) is 0 Å². The van der Waals surface area contributed by atoms with Crippen molar-refractivity contribution in [3.63, 3.8) is 0 Å². The third kappa shape index (κ3) is 3.49. The highest BCUT2D eigenvalue weighted by Gasteiger charge is 2.19. The highest BCUT2D eigenvalue weighted by atomic mass is 16.5. The number of ether oxygens (including phenoxy) is 1. The first-order valence-electron chi connectivity index (χ1n) is 6.08. The SMILES string of the molecule is COc1ncccc1CNCCCC1CC1. The fourth-order valence-corrected chi connectivity index (χ4v) is 1.89. The Morgan fingerprint density at radius 2 is 2.38 bits per heavy atom. The second-order valence-corrected chi connectivity index (χ2v) is 4.43. The maximum atomic E-state index is 5.20. The number of methoxy groups -OCH3 is 1. The number of hydrogen-bond donors (Lipinski definition) is 1. The van der Waals surface area contributed by atoms with Crippen molar-refractivity contribution in [3.05, 3.63) is 23.9 Å². The van der Waals surface area contributed by atoms with Crippen molar-refractivity contribution in [1.82, 2.24) is 10.3 Å². The predicted octanol–water partition coefficient (Wildman–Crippen LogP) is 2.37. The van der Waals surface area contributed by atoms with E-state index in [-0.39, 0.29) is 0 Å². The Balaban J connectivity index is 1.67. The van der Waals surface area contributed by atoms with Crippen molar-refractivity contribution < 1.29 is 4.74 Å². The summed E-state index contributed by atoms with van der Waals surface area (Å²) in [6.07, 6.45) is 7.34. The molecule has 0 aliphatic heterocycles. The molecule has 0 bridgehead atoms. The Labute approximate surface area is 97.2 Å². The van der Waals surface area contributed by atoms with Gasteiger partial charge in [0.2, 0.25) is 5.88 Å². The fourth-order valence-electron chi connectivity index (χ4n) is 1.89. The van der Waals surface area contributed by atoms with Crippen LogP contribution in [0.25, 0.3) is 0 Å². The molecule has 1 fully saturated rings. The van der Waals surface area contributed by atoms with Crippen molar-refractivity contribution in [3.8, 4) is 5.88 Å². The maximum Gasteiger partial charge on any atom is 0.217 e. The molecular formula is C13H20N2O. The molecule has 1 aromatic heterocycles. The molecule has 0 unspecified atom stereocenters. The summed E-state index contributed by atoms with van der Waals surface area (Å²) in [6.45, 7) is 1.94. The van der Waals surface area contributed by atoms with E-state index in [9.17, 15) is 0 Å². The van der Waals surface area contributed by atoms with Gasteiger partial charge >= 0.3 is 0 Å². The lowest BCUT2D eigenvalue weighted by atomic mass is 10.2. The molecule has 3 heteroatoms. The van der Waals surface area contributed by atoms with Gasteiger partial charge in [0.1, 0.15) is 0 Å². The van der Waals surface area contributed by atoms with E-state index in [0.717, 1.165) is 30.5 Å². The summed E-state index contributed by atoms with van der Waals surface area (Å²) in [5.74, 6) is 1.77. The van der Waals surface area contributed by atoms with E-state index in [0.29, 0.717) is 0 Å². The summed E-state index contributed by atoms with van der Waals surface area (Å²) in [5.41, 5.74) is 1.14. The number of rotatable bonds is 7. The van der Waals surface area contributed by atoms with Gasteiger partial charge in [-0.3, -0.25) is 0 Å². The summed E-state index contributed by atoms with van der Waals surface area (Å²) in [4.78, 5) is 4.17. The van der Waals surface area contributed by atoms with Crippen molar-refractivity contribution >= 4 is 0 Å². The van der Waals surface area contributed by atoms with Crippen LogP contribution in [0.4, 0.5) is 0 Å². The molecule has 0 spiro atoms. The van der Waals surface area contributed by atoms with Gasteiger partial charge < -0.3 is 10.1 Å². The molecule has 1 N–H and O–H groups in total. The lowest BCUT2D eigenvalue weighted by Crippen LogP contribution is -2.15. The highest BCUT2D eigenvalue weighted by Crippen LogP contribution is 2.33. The number of nitrogens with zero attached hydrogens (tertiary/aromatic N) is 1. The summed E-state index contributed by atoms with van der Waals surface area (Å²) in [7, 11) is 1.67. The lowest BCUT2D eigenvalue weighted by Gasteiger charge is -2.08. The van der Waals surface area contributed by atoms with Gasteiger partial charge in [-0.05, 0) is 31.4 Å². The first-order chi connectivity index (χ1) is 7.90. The molecule has 0 aromatic carbocycles. The van der Waals surface area contributed by atoms with Crippen molar-refractivity contribution in [1.29, 1.82) is 0 Å². The van der Waals surface area contributed by atoms with E-state index in [4.69, 9.17) is 4.74 Å². The average Bonchev–Trinajstić information content (AvgIpc) is 3.13. The second-order valence-electron chi connectivity index (χ2n) is 4.43. The van der Waals surface area contributed by atoms with Gasteiger partial charge in [-0.15, -0.1) is 0 Å². The van der Waals surface area contributed by atoms with Crippen LogP contribution in [0.1, 0.15) is 31.2 Å². The van der Waals surface area contributed by atoms with E-state index in [2.05, 4.69) is 16.4 Å². The van der Waals surface area contributed by atoms with E-state index in [1.807, 2.05) is 6.07 Å². The number of aromatic nitrogens is 1. The Morgan fingerprint density at radius 1 is 1.50 bits per heavy atom. The zero-order chi connectivity index (χ0) is 11.2. The van der Waals surface area contributed by atoms with Crippen LogP contribution in [-0.2, 0) is 6.54 Å². The van der Waals surface area contributed by atoms with Crippen molar-refractivity contribution in [2.45, 2.75) is 32.2 Å². The van der Waals surface area contributed by atoms with Gasteiger partial charge in [0.05, 0.1) is 7.11 Å². The second kappa shape index (κ2) is 5.85. The number of nitrogens with one attached hydrogen (secondary N) is 1. The molecule has 1 heterocycles. The zero-order valence-electron chi connectivity index (χ0n) is 9.91. The lowest BCUT2D eigenvalue weighted by molar-refractivity contribution is 0.390. The maximum absolute atomic E-state index is 5.20. The van der Waals surface area contributed by atoms with Crippen LogP contribution in [0.5, 0.6) is 5.88 Å². The Kier molecular flexibility index (Phi) is 4.17. The van der Waals surface area contributed by atoms with Crippen LogP contribution in [0.3, 0.4) is 0 Å². The normalized spacial score (nSPS) is 15.1. The van der Waals surface area contributed by atoms with Gasteiger partial charge in [-0.25, -0.2) is 4.98 Å². The molecular weight excluding hydrogens is 200 g/mol. The van der Waals surface area contributed by atoms with Crippen molar-refractivity contribution in [2.24, 2.45) is 5.92 Å². The predicted molar refractivity (Wildman–Crippen MR) is 64.5 cm³/mol.